The van der Waals surface area contributed by atoms with Crippen LogP contribution in [-0.2, 0) is 4.79 Å². The van der Waals surface area contributed by atoms with Crippen molar-refractivity contribution in [1.29, 1.82) is 0 Å². The molecule has 2 amide bonds. The minimum atomic E-state index is -0.170. The van der Waals surface area contributed by atoms with E-state index < -0.39 is 0 Å². The fraction of sp³-hybridized carbons (Fsp3) is 0.300. The van der Waals surface area contributed by atoms with Gasteiger partial charge in [0.25, 0.3) is 5.91 Å². The van der Waals surface area contributed by atoms with Gasteiger partial charge in [-0.2, -0.15) is 0 Å². The molecule has 4 nitrogen and oxygen atoms in total. The van der Waals surface area contributed by atoms with Crippen LogP contribution < -0.4 is 10.6 Å². The molecule has 0 fully saturated rings. The first-order chi connectivity index (χ1) is 12.0. The van der Waals surface area contributed by atoms with E-state index in [9.17, 15) is 9.59 Å². The number of aryl methyl sites for hydroxylation is 1. The average Bonchev–Trinajstić information content (AvgIpc) is 2.61. The first-order valence-electron chi connectivity index (χ1n) is 8.38. The minimum Gasteiger partial charge on any atom is -0.350 e. The molecule has 25 heavy (non-hydrogen) atoms. The third kappa shape index (κ3) is 5.94. The van der Waals surface area contributed by atoms with Crippen LogP contribution in [0.3, 0.4) is 0 Å². The summed E-state index contributed by atoms with van der Waals surface area (Å²) in [4.78, 5) is 25.6. The molecule has 0 heterocycles. The van der Waals surface area contributed by atoms with Crippen LogP contribution in [0.4, 0.5) is 5.69 Å². The molecule has 2 N–H and O–H groups in total. The van der Waals surface area contributed by atoms with E-state index in [0.29, 0.717) is 17.0 Å². The van der Waals surface area contributed by atoms with Crippen LogP contribution in [0.25, 0.3) is 0 Å². The largest absolute Gasteiger partial charge is 0.350 e. The summed E-state index contributed by atoms with van der Waals surface area (Å²) >= 11 is 1.47. The fourth-order valence-electron chi connectivity index (χ4n) is 2.16. The number of carbonyl (C=O) groups excluding carboxylic acids is 2. The van der Waals surface area contributed by atoms with Gasteiger partial charge >= 0.3 is 0 Å². The normalized spacial score (nSPS) is 11.6. The SMILES string of the molecule is CC[C@H](C)NC(=O)c1ccccc1NC(=O)CSc1ccc(C)cc1. The lowest BCUT2D eigenvalue weighted by atomic mass is 10.1. The number of nitrogens with one attached hydrogen (secondary N) is 2. The molecule has 2 aromatic carbocycles. The lowest BCUT2D eigenvalue weighted by Gasteiger charge is -2.14. The molecular weight excluding hydrogens is 332 g/mol. The number of benzene rings is 2. The highest BCUT2D eigenvalue weighted by molar-refractivity contribution is 8.00. The number of hydrogen-bond acceptors (Lipinski definition) is 3. The summed E-state index contributed by atoms with van der Waals surface area (Å²) < 4.78 is 0. The monoisotopic (exact) mass is 356 g/mol. The van der Waals surface area contributed by atoms with Crippen LogP contribution in [0.1, 0.15) is 36.2 Å². The lowest BCUT2D eigenvalue weighted by molar-refractivity contribution is -0.113. The van der Waals surface area contributed by atoms with Crippen molar-refractivity contribution in [2.75, 3.05) is 11.1 Å². The van der Waals surface area contributed by atoms with Gasteiger partial charge in [0.2, 0.25) is 5.91 Å². The van der Waals surface area contributed by atoms with E-state index in [1.54, 1.807) is 18.2 Å². The topological polar surface area (TPSA) is 58.2 Å². The van der Waals surface area contributed by atoms with Gasteiger partial charge in [0.1, 0.15) is 0 Å². The predicted octanol–water partition coefficient (Wildman–Crippen LogP) is 4.25. The van der Waals surface area contributed by atoms with Crippen molar-refractivity contribution in [2.24, 2.45) is 0 Å². The number of para-hydroxylation sites is 1. The van der Waals surface area contributed by atoms with Gasteiger partial charge in [-0.3, -0.25) is 9.59 Å². The van der Waals surface area contributed by atoms with E-state index in [4.69, 9.17) is 0 Å². The van der Waals surface area contributed by atoms with Crippen LogP contribution >= 0.6 is 11.8 Å². The van der Waals surface area contributed by atoms with Crippen molar-refractivity contribution >= 4 is 29.3 Å². The van der Waals surface area contributed by atoms with Gasteiger partial charge in [-0.25, -0.2) is 0 Å². The van der Waals surface area contributed by atoms with Gasteiger partial charge in [0, 0.05) is 10.9 Å². The van der Waals surface area contributed by atoms with E-state index in [0.717, 1.165) is 11.3 Å². The smallest absolute Gasteiger partial charge is 0.253 e. The Balaban J connectivity index is 1.98. The summed E-state index contributed by atoms with van der Waals surface area (Å²) in [7, 11) is 0. The van der Waals surface area contributed by atoms with Crippen LogP contribution in [-0.4, -0.2) is 23.6 Å². The van der Waals surface area contributed by atoms with Crippen molar-refractivity contribution < 1.29 is 9.59 Å². The highest BCUT2D eigenvalue weighted by Gasteiger charge is 2.14. The fourth-order valence-corrected chi connectivity index (χ4v) is 2.86. The highest BCUT2D eigenvalue weighted by atomic mass is 32.2. The molecule has 0 aliphatic carbocycles. The second-order valence-corrected chi connectivity index (χ2v) is 7.03. The highest BCUT2D eigenvalue weighted by Crippen LogP contribution is 2.20. The number of hydrogen-bond donors (Lipinski definition) is 2. The summed E-state index contributed by atoms with van der Waals surface area (Å²) in [6.45, 7) is 6.00. The number of carbonyl (C=O) groups is 2. The summed E-state index contributed by atoms with van der Waals surface area (Å²) in [5.74, 6) is -0.00417. The Bertz CT molecular complexity index is 729. The zero-order valence-electron chi connectivity index (χ0n) is 14.8. The Labute approximate surface area is 153 Å². The summed E-state index contributed by atoms with van der Waals surface area (Å²) in [5, 5.41) is 5.77. The molecule has 0 bridgehead atoms. The Morgan fingerprint density at radius 2 is 1.76 bits per heavy atom. The van der Waals surface area contributed by atoms with Crippen molar-refractivity contribution in [3.05, 3.63) is 59.7 Å². The summed E-state index contributed by atoms with van der Waals surface area (Å²) in [6, 6.07) is 15.2. The van der Waals surface area contributed by atoms with Crippen LogP contribution in [0.2, 0.25) is 0 Å². The Morgan fingerprint density at radius 1 is 1.08 bits per heavy atom. The molecule has 0 aliphatic heterocycles. The summed E-state index contributed by atoms with van der Waals surface area (Å²) in [6.07, 6.45) is 0.855. The van der Waals surface area contributed by atoms with E-state index in [-0.39, 0.29) is 17.9 Å². The molecule has 0 saturated heterocycles. The average molecular weight is 356 g/mol. The molecule has 0 spiro atoms. The van der Waals surface area contributed by atoms with E-state index in [2.05, 4.69) is 10.6 Å². The molecule has 0 saturated carbocycles. The van der Waals surface area contributed by atoms with Crippen molar-refractivity contribution in [1.82, 2.24) is 5.32 Å². The van der Waals surface area contributed by atoms with Crippen molar-refractivity contribution in [3.63, 3.8) is 0 Å². The third-order valence-electron chi connectivity index (χ3n) is 3.83. The van der Waals surface area contributed by atoms with Gasteiger partial charge in [0.05, 0.1) is 17.0 Å². The molecule has 0 unspecified atom stereocenters. The van der Waals surface area contributed by atoms with Gasteiger partial charge in [-0.1, -0.05) is 36.8 Å². The Morgan fingerprint density at radius 3 is 2.44 bits per heavy atom. The molecule has 2 aromatic rings. The maximum Gasteiger partial charge on any atom is 0.253 e. The molecule has 0 radical (unpaired) electrons. The number of rotatable bonds is 7. The molecule has 1 atom stereocenters. The van der Waals surface area contributed by atoms with Gasteiger partial charge in [-0.05, 0) is 44.5 Å². The van der Waals surface area contributed by atoms with E-state index in [1.807, 2.05) is 51.1 Å². The van der Waals surface area contributed by atoms with Gasteiger partial charge < -0.3 is 10.6 Å². The molecule has 2 rings (SSSR count). The lowest BCUT2D eigenvalue weighted by Crippen LogP contribution is -2.32. The molecule has 0 aliphatic rings. The van der Waals surface area contributed by atoms with Crippen molar-refractivity contribution in [3.8, 4) is 0 Å². The standard InChI is InChI=1S/C20H24N2O2S/c1-4-15(3)21-20(24)17-7-5-6-8-18(17)22-19(23)13-25-16-11-9-14(2)10-12-16/h5-12,15H,4,13H2,1-3H3,(H,21,24)(H,22,23)/t15-/m0/s1. The first-order valence-corrected chi connectivity index (χ1v) is 9.37. The zero-order chi connectivity index (χ0) is 18.2. The number of thioether (sulfide) groups is 1. The number of anilines is 1. The van der Waals surface area contributed by atoms with E-state index >= 15 is 0 Å². The van der Waals surface area contributed by atoms with Crippen molar-refractivity contribution in [2.45, 2.75) is 38.1 Å². The molecule has 5 heteroatoms. The Hall–Kier alpha value is -2.27. The van der Waals surface area contributed by atoms with Crippen LogP contribution in [0.15, 0.2) is 53.4 Å². The minimum absolute atomic E-state index is 0.0911. The first kappa shape index (κ1) is 19.1. The second kappa shape index (κ2) is 9.28. The predicted molar refractivity (Wildman–Crippen MR) is 104 cm³/mol. The third-order valence-corrected chi connectivity index (χ3v) is 4.84. The van der Waals surface area contributed by atoms with Gasteiger partial charge in [-0.15, -0.1) is 11.8 Å². The summed E-state index contributed by atoms with van der Waals surface area (Å²) in [5.41, 5.74) is 2.21. The molecule has 0 aromatic heterocycles. The number of amides is 2. The van der Waals surface area contributed by atoms with Crippen LogP contribution in [0, 0.1) is 6.92 Å². The quantitative estimate of drug-likeness (QED) is 0.729. The van der Waals surface area contributed by atoms with Gasteiger partial charge in [0.15, 0.2) is 0 Å². The Kier molecular flexibility index (Phi) is 7.07. The van der Waals surface area contributed by atoms with E-state index in [1.165, 1.54) is 17.3 Å². The maximum atomic E-state index is 12.4. The van der Waals surface area contributed by atoms with Crippen LogP contribution in [0.5, 0.6) is 0 Å². The molecular formula is C20H24N2O2S. The molecule has 132 valence electrons. The second-order valence-electron chi connectivity index (χ2n) is 5.98. The zero-order valence-corrected chi connectivity index (χ0v) is 15.7. The maximum absolute atomic E-state index is 12.4.